The number of unbranched alkanes of at least 4 members (excludes halogenated alkanes) is 5. The molecule has 1 aromatic rings. The quantitative estimate of drug-likeness (QED) is 0.253. The Morgan fingerprint density at radius 2 is 1.70 bits per heavy atom. The maximum absolute atomic E-state index is 13.8. The van der Waals surface area contributed by atoms with E-state index in [4.69, 9.17) is 0 Å². The van der Waals surface area contributed by atoms with Crippen LogP contribution in [0.25, 0.3) is 0 Å². The van der Waals surface area contributed by atoms with Gasteiger partial charge >= 0.3 is 0 Å². The van der Waals surface area contributed by atoms with E-state index in [1.165, 1.54) is 76.2 Å². The van der Waals surface area contributed by atoms with Gasteiger partial charge in [0.25, 0.3) is 0 Å². The highest BCUT2D eigenvalue weighted by Crippen LogP contribution is 2.26. The van der Waals surface area contributed by atoms with Crippen molar-refractivity contribution in [2.24, 2.45) is 11.8 Å². The second-order valence-electron chi connectivity index (χ2n) is 8.45. The van der Waals surface area contributed by atoms with Crippen molar-refractivity contribution in [3.05, 3.63) is 41.6 Å². The zero-order valence-corrected chi connectivity index (χ0v) is 18.5. The lowest BCUT2D eigenvalue weighted by Gasteiger charge is -2.20. The minimum absolute atomic E-state index is 0.0265. The maximum atomic E-state index is 13.8. The number of aryl methyl sites for hydroxylation is 1. The molecule has 0 heterocycles. The van der Waals surface area contributed by atoms with Crippen molar-refractivity contribution in [3.8, 4) is 0 Å². The first-order valence-electron chi connectivity index (χ1n) is 11.7. The lowest BCUT2D eigenvalue weighted by atomic mass is 9.85. The number of hydrogen-bond acceptors (Lipinski definition) is 0. The van der Waals surface area contributed by atoms with E-state index in [1.807, 2.05) is 6.07 Å². The molecule has 0 aliphatic heterocycles. The molecular weight excluding hydrogens is 331 g/mol. The summed E-state index contributed by atoms with van der Waals surface area (Å²) in [5, 5.41) is 0. The van der Waals surface area contributed by atoms with E-state index >= 15 is 0 Å². The molecule has 0 nitrogen and oxygen atoms in total. The topological polar surface area (TPSA) is 0 Å². The van der Waals surface area contributed by atoms with Crippen molar-refractivity contribution < 1.29 is 4.39 Å². The van der Waals surface area contributed by atoms with Crippen molar-refractivity contribution in [1.82, 2.24) is 0 Å². The largest absolute Gasteiger partial charge is 0.207 e. The molecule has 0 aromatic heterocycles. The van der Waals surface area contributed by atoms with Gasteiger partial charge in [0.15, 0.2) is 0 Å². The van der Waals surface area contributed by atoms with Crippen LogP contribution in [0.5, 0.6) is 0 Å². The summed E-state index contributed by atoms with van der Waals surface area (Å²) in [6, 6.07) is 5.55. The molecule has 2 unspecified atom stereocenters. The summed E-state index contributed by atoms with van der Waals surface area (Å²) in [4.78, 5) is 0. The zero-order valence-electron chi connectivity index (χ0n) is 18.5. The summed E-state index contributed by atoms with van der Waals surface area (Å²) in [7, 11) is 0. The highest BCUT2D eigenvalue weighted by atomic mass is 19.1. The van der Waals surface area contributed by atoms with Gasteiger partial charge in [0, 0.05) is 0 Å². The van der Waals surface area contributed by atoms with E-state index in [-0.39, 0.29) is 5.82 Å². The molecule has 1 aromatic carbocycles. The second kappa shape index (κ2) is 15.1. The van der Waals surface area contributed by atoms with Crippen LogP contribution in [0.15, 0.2) is 18.2 Å². The maximum Gasteiger partial charge on any atom is 0.126 e. The van der Waals surface area contributed by atoms with Crippen LogP contribution < -0.4 is 0 Å². The van der Waals surface area contributed by atoms with E-state index in [9.17, 15) is 4.39 Å². The van der Waals surface area contributed by atoms with Crippen molar-refractivity contribution >= 4 is 0 Å². The van der Waals surface area contributed by atoms with Crippen LogP contribution in [-0.4, -0.2) is 0 Å². The van der Waals surface area contributed by atoms with Gasteiger partial charge in [-0.3, -0.25) is 0 Å². The molecule has 0 saturated carbocycles. The highest BCUT2D eigenvalue weighted by Gasteiger charge is 2.13. The molecule has 0 aliphatic carbocycles. The van der Waals surface area contributed by atoms with Gasteiger partial charge in [0.1, 0.15) is 5.82 Å². The van der Waals surface area contributed by atoms with Gasteiger partial charge in [-0.1, -0.05) is 97.6 Å². The normalized spacial score (nSPS) is 12.7. The van der Waals surface area contributed by atoms with Crippen molar-refractivity contribution in [3.63, 3.8) is 0 Å². The first-order valence-corrected chi connectivity index (χ1v) is 11.7. The van der Waals surface area contributed by atoms with Crippen LogP contribution in [0.1, 0.15) is 109 Å². The van der Waals surface area contributed by atoms with E-state index in [2.05, 4.69) is 40.2 Å². The molecule has 1 radical (unpaired) electrons. The third kappa shape index (κ3) is 10.3. The molecule has 0 spiro atoms. The average molecular weight is 376 g/mol. The fourth-order valence-corrected chi connectivity index (χ4v) is 4.23. The van der Waals surface area contributed by atoms with E-state index in [1.54, 1.807) is 6.07 Å². The van der Waals surface area contributed by atoms with Gasteiger partial charge in [0.2, 0.25) is 0 Å². The van der Waals surface area contributed by atoms with Crippen LogP contribution >= 0.6 is 0 Å². The van der Waals surface area contributed by atoms with E-state index in [0.717, 1.165) is 30.2 Å². The molecule has 0 fully saturated rings. The van der Waals surface area contributed by atoms with Crippen LogP contribution in [0.3, 0.4) is 0 Å². The van der Waals surface area contributed by atoms with Crippen LogP contribution in [0.2, 0.25) is 0 Å². The van der Waals surface area contributed by atoms with Crippen molar-refractivity contribution in [1.29, 1.82) is 0 Å². The van der Waals surface area contributed by atoms with Gasteiger partial charge < -0.3 is 0 Å². The number of halogens is 1. The third-order valence-electron chi connectivity index (χ3n) is 5.88. The minimum Gasteiger partial charge on any atom is -0.207 e. The molecule has 0 aliphatic rings. The first kappa shape index (κ1) is 24.2. The molecule has 0 saturated heterocycles. The summed E-state index contributed by atoms with van der Waals surface area (Å²) < 4.78 is 13.8. The standard InChI is InChI=1S/C26H44F/c1-5-8-16-23(17-9-6-2)21-22(4)15-12-10-11-13-18-24-19-14-20-26(27)25(24)7-3/h14,16,19-20,22-23H,5-13,15,17-18,21H2,1-4H3. The number of rotatable bonds is 16. The van der Waals surface area contributed by atoms with Gasteiger partial charge in [-0.15, -0.1) is 0 Å². The highest BCUT2D eigenvalue weighted by molar-refractivity contribution is 5.28. The van der Waals surface area contributed by atoms with Crippen molar-refractivity contribution in [2.75, 3.05) is 0 Å². The summed E-state index contributed by atoms with van der Waals surface area (Å²) in [5.74, 6) is 1.65. The van der Waals surface area contributed by atoms with Crippen molar-refractivity contribution in [2.45, 2.75) is 111 Å². The van der Waals surface area contributed by atoms with Crippen LogP contribution in [-0.2, 0) is 12.8 Å². The molecule has 27 heavy (non-hydrogen) atoms. The summed E-state index contributed by atoms with van der Waals surface area (Å²) in [6.45, 7) is 9.08. The molecular formula is C26H44F. The smallest absolute Gasteiger partial charge is 0.126 e. The number of hydrogen-bond donors (Lipinski definition) is 0. The third-order valence-corrected chi connectivity index (χ3v) is 5.88. The Balaban J connectivity index is 2.20. The SMILES string of the molecule is CCC[CH]C(CCCC)CC(C)CCCCCCc1cccc(F)c1CC. The molecule has 0 amide bonds. The predicted octanol–water partition coefficient (Wildman–Crippen LogP) is 8.72. The Labute approximate surface area is 169 Å². The lowest BCUT2D eigenvalue weighted by Crippen LogP contribution is -2.08. The fraction of sp³-hybridized carbons (Fsp3) is 0.731. The lowest BCUT2D eigenvalue weighted by molar-refractivity contribution is 0.364. The predicted molar refractivity (Wildman–Crippen MR) is 119 cm³/mol. The summed E-state index contributed by atoms with van der Waals surface area (Å²) in [6.07, 6.45) is 18.9. The molecule has 1 rings (SSSR count). The molecule has 0 N–H and O–H groups in total. The molecule has 155 valence electrons. The fourth-order valence-electron chi connectivity index (χ4n) is 4.23. The minimum atomic E-state index is -0.0265. The van der Waals surface area contributed by atoms with Gasteiger partial charge in [-0.05, 0) is 61.1 Å². The van der Waals surface area contributed by atoms with Crippen LogP contribution in [0, 0.1) is 24.1 Å². The van der Waals surface area contributed by atoms with Gasteiger partial charge in [0.05, 0.1) is 0 Å². The van der Waals surface area contributed by atoms with E-state index in [0.29, 0.717) is 0 Å². The molecule has 0 bridgehead atoms. The van der Waals surface area contributed by atoms with Crippen LogP contribution in [0.4, 0.5) is 4.39 Å². The van der Waals surface area contributed by atoms with Gasteiger partial charge in [-0.25, -0.2) is 4.39 Å². The monoisotopic (exact) mass is 375 g/mol. The summed E-state index contributed by atoms with van der Waals surface area (Å²) >= 11 is 0. The summed E-state index contributed by atoms with van der Waals surface area (Å²) in [5.41, 5.74) is 2.14. The zero-order chi connectivity index (χ0) is 19.9. The Bertz CT molecular complexity index is 471. The Morgan fingerprint density at radius 3 is 2.41 bits per heavy atom. The number of benzene rings is 1. The first-order chi connectivity index (χ1) is 13.1. The Morgan fingerprint density at radius 1 is 0.926 bits per heavy atom. The van der Waals surface area contributed by atoms with Gasteiger partial charge in [-0.2, -0.15) is 0 Å². The molecule has 1 heteroatoms. The molecule has 2 atom stereocenters. The Kier molecular flexibility index (Phi) is 13.5. The van der Waals surface area contributed by atoms with E-state index < -0.39 is 0 Å². The average Bonchev–Trinajstić information content (AvgIpc) is 2.66. The Hall–Kier alpha value is -0.850. The second-order valence-corrected chi connectivity index (χ2v) is 8.45.